The van der Waals surface area contributed by atoms with Crippen LogP contribution in [0.1, 0.15) is 85.5 Å². The normalized spacial score (nSPS) is 14.8. The summed E-state index contributed by atoms with van der Waals surface area (Å²) in [5.74, 6) is 0.500. The minimum absolute atomic E-state index is 0.0138. The zero-order chi connectivity index (χ0) is 12.4. The summed E-state index contributed by atoms with van der Waals surface area (Å²) in [7, 11) is 0. The lowest BCUT2D eigenvalue weighted by molar-refractivity contribution is -0.129. The van der Waals surface area contributed by atoms with E-state index in [4.69, 9.17) is 0 Å². The molecule has 0 spiro atoms. The first-order chi connectivity index (χ1) is 7.66. The van der Waals surface area contributed by atoms with Gasteiger partial charge in [-0.1, -0.05) is 59.8 Å². The number of carbonyl (C=O) groups excluding carboxylic acids is 1. The summed E-state index contributed by atoms with van der Waals surface area (Å²) in [6.45, 7) is 8.64. The van der Waals surface area contributed by atoms with Gasteiger partial charge in [0.25, 0.3) is 0 Å². The highest BCUT2D eigenvalue weighted by Crippen LogP contribution is 2.36. The number of carbonyl (C=O) groups is 1. The third kappa shape index (κ3) is 4.67. The molecule has 96 valence electrons. The van der Waals surface area contributed by atoms with Crippen molar-refractivity contribution < 1.29 is 4.79 Å². The third-order valence-electron chi connectivity index (χ3n) is 3.86. The fourth-order valence-electron chi connectivity index (χ4n) is 2.56. The fourth-order valence-corrected chi connectivity index (χ4v) is 2.56. The van der Waals surface area contributed by atoms with E-state index >= 15 is 0 Å². The summed E-state index contributed by atoms with van der Waals surface area (Å²) in [5.41, 5.74) is 0.0138. The van der Waals surface area contributed by atoms with Gasteiger partial charge in [0.15, 0.2) is 0 Å². The lowest BCUT2D eigenvalue weighted by atomic mass is 9.72. The van der Waals surface area contributed by atoms with E-state index in [1.807, 2.05) is 6.92 Å². The topological polar surface area (TPSA) is 17.1 Å². The molecule has 0 heterocycles. The summed E-state index contributed by atoms with van der Waals surface area (Å²) in [6.07, 6.45) is 10.1. The van der Waals surface area contributed by atoms with Crippen LogP contribution in [0.3, 0.4) is 0 Å². The van der Waals surface area contributed by atoms with Gasteiger partial charge >= 0.3 is 0 Å². The number of hydrogen-bond donors (Lipinski definition) is 0. The Morgan fingerprint density at radius 3 is 1.88 bits per heavy atom. The first-order valence-electron chi connectivity index (χ1n) is 7.20. The molecule has 1 nitrogen and oxygen atoms in total. The minimum atomic E-state index is 0.0138. The van der Waals surface area contributed by atoms with Crippen molar-refractivity contribution in [2.45, 2.75) is 85.5 Å². The second-order valence-corrected chi connectivity index (χ2v) is 4.97. The van der Waals surface area contributed by atoms with Crippen molar-refractivity contribution in [2.24, 2.45) is 5.41 Å². The summed E-state index contributed by atoms with van der Waals surface area (Å²) >= 11 is 0. The van der Waals surface area contributed by atoms with Crippen LogP contribution in [0.2, 0.25) is 0 Å². The Morgan fingerprint density at radius 2 is 1.44 bits per heavy atom. The summed E-state index contributed by atoms with van der Waals surface area (Å²) < 4.78 is 0. The number of ketones is 1. The van der Waals surface area contributed by atoms with Crippen molar-refractivity contribution >= 4 is 5.78 Å². The summed E-state index contributed by atoms with van der Waals surface area (Å²) in [6, 6.07) is 0. The van der Waals surface area contributed by atoms with Gasteiger partial charge in [0.1, 0.15) is 5.78 Å². The maximum absolute atomic E-state index is 12.2. The van der Waals surface area contributed by atoms with Gasteiger partial charge in [-0.05, 0) is 19.3 Å². The van der Waals surface area contributed by atoms with E-state index in [1.54, 1.807) is 0 Å². The molecule has 0 aliphatic rings. The molecule has 0 aromatic heterocycles. The smallest absolute Gasteiger partial charge is 0.138 e. The number of Topliss-reactive ketones (excluding diaryl/α,β-unsaturated/α-hetero) is 1. The maximum Gasteiger partial charge on any atom is 0.138 e. The Morgan fingerprint density at radius 1 is 0.875 bits per heavy atom. The molecule has 1 unspecified atom stereocenters. The highest BCUT2D eigenvalue weighted by Gasteiger charge is 2.33. The van der Waals surface area contributed by atoms with Crippen LogP contribution in [-0.2, 0) is 4.79 Å². The zero-order valence-corrected chi connectivity index (χ0v) is 11.8. The standard InChI is InChI=1S/C15H30O/c1-5-9-11-13-15(8-4,12-10-6-2)14(16)7-3/h5-13H2,1-4H3. The van der Waals surface area contributed by atoms with Gasteiger partial charge in [-0.15, -0.1) is 0 Å². The monoisotopic (exact) mass is 226 g/mol. The molecule has 0 N–H and O–H groups in total. The van der Waals surface area contributed by atoms with Gasteiger partial charge in [-0.25, -0.2) is 0 Å². The van der Waals surface area contributed by atoms with Crippen LogP contribution < -0.4 is 0 Å². The average molecular weight is 226 g/mol. The van der Waals surface area contributed by atoms with Crippen molar-refractivity contribution in [1.29, 1.82) is 0 Å². The van der Waals surface area contributed by atoms with Gasteiger partial charge in [0.05, 0.1) is 0 Å². The minimum Gasteiger partial charge on any atom is -0.299 e. The fraction of sp³-hybridized carbons (Fsp3) is 0.933. The van der Waals surface area contributed by atoms with E-state index in [2.05, 4.69) is 20.8 Å². The molecule has 0 bridgehead atoms. The number of hydrogen-bond acceptors (Lipinski definition) is 1. The lowest BCUT2D eigenvalue weighted by Gasteiger charge is -2.31. The van der Waals surface area contributed by atoms with Crippen LogP contribution in [0.5, 0.6) is 0 Å². The predicted octanol–water partition coefficient (Wildman–Crippen LogP) is 5.13. The molecule has 0 rings (SSSR count). The van der Waals surface area contributed by atoms with Crippen LogP contribution in [-0.4, -0.2) is 5.78 Å². The van der Waals surface area contributed by atoms with Crippen molar-refractivity contribution in [3.63, 3.8) is 0 Å². The quantitative estimate of drug-likeness (QED) is 0.472. The second kappa shape index (κ2) is 8.78. The number of rotatable bonds is 10. The molecule has 0 saturated carbocycles. The lowest BCUT2D eigenvalue weighted by Crippen LogP contribution is -2.30. The molecule has 16 heavy (non-hydrogen) atoms. The van der Waals surface area contributed by atoms with E-state index in [0.717, 1.165) is 19.3 Å². The molecule has 0 saturated heterocycles. The van der Waals surface area contributed by atoms with E-state index in [1.165, 1.54) is 32.1 Å². The van der Waals surface area contributed by atoms with E-state index in [0.29, 0.717) is 12.2 Å². The molecule has 0 aliphatic heterocycles. The average Bonchev–Trinajstić information content (AvgIpc) is 2.33. The van der Waals surface area contributed by atoms with Crippen LogP contribution in [0.15, 0.2) is 0 Å². The highest BCUT2D eigenvalue weighted by atomic mass is 16.1. The second-order valence-electron chi connectivity index (χ2n) is 4.97. The molecule has 0 aromatic rings. The first-order valence-corrected chi connectivity index (χ1v) is 7.20. The van der Waals surface area contributed by atoms with Gasteiger partial charge in [0, 0.05) is 11.8 Å². The molecule has 0 radical (unpaired) electrons. The largest absolute Gasteiger partial charge is 0.299 e. The molecule has 0 fully saturated rings. The van der Waals surface area contributed by atoms with Crippen LogP contribution in [0.4, 0.5) is 0 Å². The number of unbranched alkanes of at least 4 members (excludes halogenated alkanes) is 3. The Labute approximate surface area is 102 Å². The van der Waals surface area contributed by atoms with Crippen LogP contribution in [0.25, 0.3) is 0 Å². The first kappa shape index (κ1) is 15.7. The molecule has 0 aliphatic carbocycles. The predicted molar refractivity (Wildman–Crippen MR) is 71.7 cm³/mol. The summed E-state index contributed by atoms with van der Waals surface area (Å²) in [4.78, 5) is 12.2. The zero-order valence-electron chi connectivity index (χ0n) is 11.8. The molecule has 1 atom stereocenters. The van der Waals surface area contributed by atoms with Gasteiger partial charge in [-0.3, -0.25) is 4.79 Å². The molecule has 1 heteroatoms. The van der Waals surface area contributed by atoms with E-state index in [9.17, 15) is 4.79 Å². The Bertz CT molecular complexity index is 186. The van der Waals surface area contributed by atoms with Crippen LogP contribution >= 0.6 is 0 Å². The SMILES string of the molecule is CCCCCC(CC)(CCCC)C(=O)CC. The highest BCUT2D eigenvalue weighted by molar-refractivity contribution is 5.84. The molecular weight excluding hydrogens is 196 g/mol. The van der Waals surface area contributed by atoms with E-state index in [-0.39, 0.29) is 5.41 Å². The van der Waals surface area contributed by atoms with Gasteiger partial charge in [-0.2, -0.15) is 0 Å². The van der Waals surface area contributed by atoms with Crippen LogP contribution in [0, 0.1) is 5.41 Å². The summed E-state index contributed by atoms with van der Waals surface area (Å²) in [5, 5.41) is 0. The van der Waals surface area contributed by atoms with E-state index < -0.39 is 0 Å². The Kier molecular flexibility index (Phi) is 8.60. The van der Waals surface area contributed by atoms with Crippen molar-refractivity contribution in [1.82, 2.24) is 0 Å². The van der Waals surface area contributed by atoms with Gasteiger partial charge < -0.3 is 0 Å². The van der Waals surface area contributed by atoms with Crippen molar-refractivity contribution in [3.8, 4) is 0 Å². The van der Waals surface area contributed by atoms with Crippen molar-refractivity contribution in [2.75, 3.05) is 0 Å². The molecule has 0 aromatic carbocycles. The van der Waals surface area contributed by atoms with Gasteiger partial charge in [0.2, 0.25) is 0 Å². The molecular formula is C15H30O. The molecule has 0 amide bonds. The third-order valence-corrected chi connectivity index (χ3v) is 3.86. The maximum atomic E-state index is 12.2. The Hall–Kier alpha value is -0.330. The van der Waals surface area contributed by atoms with Crippen molar-refractivity contribution in [3.05, 3.63) is 0 Å². The Balaban J connectivity index is 4.47.